The number of carboxylic acids is 1. The first-order chi connectivity index (χ1) is 9.67. The molecule has 0 saturated carbocycles. The predicted octanol–water partition coefficient (Wildman–Crippen LogP) is 2.64. The van der Waals surface area contributed by atoms with Crippen LogP contribution < -0.4 is 5.32 Å². The van der Waals surface area contributed by atoms with Crippen molar-refractivity contribution in [2.45, 2.75) is 19.4 Å². The van der Waals surface area contributed by atoms with Gasteiger partial charge in [-0.2, -0.15) is 5.26 Å². The Hall–Kier alpha value is -2.39. The zero-order chi connectivity index (χ0) is 14.4. The maximum atomic E-state index is 10.5. The van der Waals surface area contributed by atoms with Crippen LogP contribution in [-0.2, 0) is 17.8 Å². The molecule has 0 aliphatic carbocycles. The number of thiazole rings is 1. The van der Waals surface area contributed by atoms with E-state index in [9.17, 15) is 4.79 Å². The van der Waals surface area contributed by atoms with Crippen LogP contribution in [0.4, 0.5) is 5.13 Å². The summed E-state index contributed by atoms with van der Waals surface area (Å²) in [5.41, 5.74) is 2.42. The minimum Gasteiger partial charge on any atom is -0.481 e. The Morgan fingerprint density at radius 2 is 2.35 bits per heavy atom. The second-order valence-corrected chi connectivity index (χ2v) is 5.06. The zero-order valence-corrected chi connectivity index (χ0v) is 11.5. The van der Waals surface area contributed by atoms with Gasteiger partial charge in [-0.05, 0) is 17.7 Å². The molecule has 0 fully saturated rings. The molecule has 1 aromatic heterocycles. The molecule has 2 aromatic rings. The lowest BCUT2D eigenvalue weighted by Crippen LogP contribution is -2.00. The van der Waals surface area contributed by atoms with Gasteiger partial charge in [0, 0.05) is 18.3 Å². The first-order valence-corrected chi connectivity index (χ1v) is 6.94. The number of nitrogens with one attached hydrogen (secondary N) is 1. The molecule has 5 nitrogen and oxygen atoms in total. The molecule has 0 saturated heterocycles. The zero-order valence-electron chi connectivity index (χ0n) is 10.7. The van der Waals surface area contributed by atoms with Gasteiger partial charge >= 0.3 is 5.97 Å². The van der Waals surface area contributed by atoms with Crippen molar-refractivity contribution in [2.75, 3.05) is 5.32 Å². The Kier molecular flexibility index (Phi) is 4.69. The molecule has 102 valence electrons. The predicted molar refractivity (Wildman–Crippen MR) is 76.6 cm³/mol. The van der Waals surface area contributed by atoms with Crippen molar-refractivity contribution < 1.29 is 9.90 Å². The molecule has 2 N–H and O–H groups in total. The molecule has 0 bridgehead atoms. The van der Waals surface area contributed by atoms with E-state index in [1.165, 1.54) is 11.3 Å². The molecule has 1 aromatic carbocycles. The van der Waals surface area contributed by atoms with Crippen LogP contribution in [0, 0.1) is 11.3 Å². The van der Waals surface area contributed by atoms with Gasteiger partial charge in [0.2, 0.25) is 0 Å². The number of nitriles is 1. The topological polar surface area (TPSA) is 86.0 Å². The standard InChI is InChI=1S/C14H13N3O2S/c15-7-10-2-1-3-11(6-10)8-16-14-17-12(9-20-14)4-5-13(18)19/h1-3,6,9H,4-5,8H2,(H,16,17)(H,18,19). The maximum absolute atomic E-state index is 10.5. The SMILES string of the molecule is N#Cc1cccc(CNc2nc(CCC(=O)O)cs2)c1. The summed E-state index contributed by atoms with van der Waals surface area (Å²) in [4.78, 5) is 14.8. The molecular formula is C14H13N3O2S. The van der Waals surface area contributed by atoms with Gasteiger partial charge in [0.15, 0.2) is 5.13 Å². The van der Waals surface area contributed by atoms with Gasteiger partial charge in [-0.25, -0.2) is 4.98 Å². The summed E-state index contributed by atoms with van der Waals surface area (Å²) in [6.07, 6.45) is 0.533. The molecule has 20 heavy (non-hydrogen) atoms. The summed E-state index contributed by atoms with van der Waals surface area (Å²) < 4.78 is 0. The summed E-state index contributed by atoms with van der Waals surface area (Å²) in [5.74, 6) is -0.819. The number of aryl methyl sites for hydroxylation is 1. The molecule has 0 spiro atoms. The van der Waals surface area contributed by atoms with E-state index in [1.54, 1.807) is 6.07 Å². The Balaban J connectivity index is 1.90. The molecule has 6 heteroatoms. The number of aromatic nitrogens is 1. The normalized spacial score (nSPS) is 9.95. The molecule has 0 aliphatic rings. The summed E-state index contributed by atoms with van der Waals surface area (Å²) in [7, 11) is 0. The van der Waals surface area contributed by atoms with Crippen LogP contribution in [0.2, 0.25) is 0 Å². The highest BCUT2D eigenvalue weighted by Gasteiger charge is 2.04. The van der Waals surface area contributed by atoms with Gasteiger partial charge in [0.25, 0.3) is 0 Å². The number of rotatable bonds is 6. The van der Waals surface area contributed by atoms with E-state index < -0.39 is 5.97 Å². The number of hydrogen-bond donors (Lipinski definition) is 2. The largest absolute Gasteiger partial charge is 0.481 e. The van der Waals surface area contributed by atoms with Gasteiger partial charge in [0.1, 0.15) is 0 Å². The van der Waals surface area contributed by atoms with Crippen LogP contribution in [0.5, 0.6) is 0 Å². The van der Waals surface area contributed by atoms with Crippen molar-refractivity contribution in [1.82, 2.24) is 4.98 Å². The minimum absolute atomic E-state index is 0.0907. The summed E-state index contributed by atoms with van der Waals surface area (Å²) in [6, 6.07) is 9.47. The number of aliphatic carboxylic acids is 1. The molecule has 0 unspecified atom stereocenters. The molecule has 0 amide bonds. The lowest BCUT2D eigenvalue weighted by Gasteiger charge is -2.03. The average molecular weight is 287 g/mol. The Labute approximate surface area is 120 Å². The van der Waals surface area contributed by atoms with Crippen LogP contribution >= 0.6 is 11.3 Å². The highest BCUT2D eigenvalue weighted by molar-refractivity contribution is 7.13. The maximum Gasteiger partial charge on any atom is 0.303 e. The second-order valence-electron chi connectivity index (χ2n) is 4.20. The first kappa shape index (κ1) is 14.0. The third-order valence-corrected chi connectivity index (χ3v) is 3.50. The molecule has 1 heterocycles. The lowest BCUT2D eigenvalue weighted by molar-refractivity contribution is -0.136. The van der Waals surface area contributed by atoms with Crippen LogP contribution in [-0.4, -0.2) is 16.1 Å². The highest BCUT2D eigenvalue weighted by atomic mass is 32.1. The molecular weight excluding hydrogens is 274 g/mol. The number of hydrogen-bond acceptors (Lipinski definition) is 5. The van der Waals surface area contributed by atoms with E-state index in [0.29, 0.717) is 18.5 Å². The summed E-state index contributed by atoms with van der Waals surface area (Å²) in [5, 5.41) is 23.2. The number of nitrogens with zero attached hydrogens (tertiary/aromatic N) is 2. The van der Waals surface area contributed by atoms with Gasteiger partial charge < -0.3 is 10.4 Å². The van der Waals surface area contributed by atoms with Crippen molar-refractivity contribution in [3.8, 4) is 6.07 Å². The fourth-order valence-corrected chi connectivity index (χ4v) is 2.41. The number of carbonyl (C=O) groups is 1. The minimum atomic E-state index is -0.819. The van der Waals surface area contributed by atoms with Crippen LogP contribution in [0.1, 0.15) is 23.2 Å². The second kappa shape index (κ2) is 6.68. The van der Waals surface area contributed by atoms with Crippen LogP contribution in [0.15, 0.2) is 29.6 Å². The monoisotopic (exact) mass is 287 g/mol. The van der Waals surface area contributed by atoms with Gasteiger partial charge in [-0.3, -0.25) is 4.79 Å². The fraction of sp³-hybridized carbons (Fsp3) is 0.214. The van der Waals surface area contributed by atoms with Crippen molar-refractivity contribution in [1.29, 1.82) is 5.26 Å². The molecule has 0 atom stereocenters. The summed E-state index contributed by atoms with van der Waals surface area (Å²) in [6.45, 7) is 0.585. The van der Waals surface area contributed by atoms with Crippen molar-refractivity contribution in [2.24, 2.45) is 0 Å². The lowest BCUT2D eigenvalue weighted by atomic mass is 10.1. The van der Waals surface area contributed by atoms with Crippen molar-refractivity contribution in [3.05, 3.63) is 46.5 Å². The van der Waals surface area contributed by atoms with Crippen molar-refractivity contribution in [3.63, 3.8) is 0 Å². The quantitative estimate of drug-likeness (QED) is 0.853. The van der Waals surface area contributed by atoms with Crippen molar-refractivity contribution >= 4 is 22.4 Å². The van der Waals surface area contributed by atoms with E-state index in [0.717, 1.165) is 16.4 Å². The van der Waals surface area contributed by atoms with Crippen LogP contribution in [0.25, 0.3) is 0 Å². The van der Waals surface area contributed by atoms with Gasteiger partial charge in [-0.1, -0.05) is 12.1 Å². The van der Waals surface area contributed by atoms with E-state index in [4.69, 9.17) is 10.4 Å². The third kappa shape index (κ3) is 4.07. The Morgan fingerprint density at radius 1 is 1.50 bits per heavy atom. The molecule has 2 rings (SSSR count). The van der Waals surface area contributed by atoms with Gasteiger partial charge in [-0.15, -0.1) is 11.3 Å². The number of carboxylic acid groups (broad SMARTS) is 1. The van der Waals surface area contributed by atoms with E-state index in [-0.39, 0.29) is 6.42 Å². The average Bonchev–Trinajstić information content (AvgIpc) is 2.91. The fourth-order valence-electron chi connectivity index (χ4n) is 1.67. The summed E-state index contributed by atoms with van der Waals surface area (Å²) >= 11 is 1.45. The first-order valence-electron chi connectivity index (χ1n) is 6.06. The van der Waals surface area contributed by atoms with E-state index in [1.807, 2.05) is 23.6 Å². The Morgan fingerprint density at radius 3 is 3.10 bits per heavy atom. The van der Waals surface area contributed by atoms with E-state index in [2.05, 4.69) is 16.4 Å². The number of anilines is 1. The highest BCUT2D eigenvalue weighted by Crippen LogP contribution is 2.17. The van der Waals surface area contributed by atoms with Gasteiger partial charge in [0.05, 0.1) is 23.7 Å². The third-order valence-electron chi connectivity index (χ3n) is 2.65. The molecule has 0 aliphatic heterocycles. The smallest absolute Gasteiger partial charge is 0.303 e. The van der Waals surface area contributed by atoms with Crippen LogP contribution in [0.3, 0.4) is 0 Å². The molecule has 0 radical (unpaired) electrons. The van der Waals surface area contributed by atoms with E-state index >= 15 is 0 Å². The number of benzene rings is 1. The Bertz CT molecular complexity index is 646.